The van der Waals surface area contributed by atoms with Crippen molar-refractivity contribution in [1.82, 2.24) is 20.2 Å². The molecule has 2 amide bonds. The molecule has 11 nitrogen and oxygen atoms in total. The van der Waals surface area contributed by atoms with E-state index in [1.807, 2.05) is 10.8 Å². The lowest BCUT2D eigenvalue weighted by Crippen LogP contribution is -2.35. The lowest BCUT2D eigenvalue weighted by atomic mass is 10.1. The number of carbonyl (C=O) groups is 1. The quantitative estimate of drug-likeness (QED) is 0.549. The molecule has 0 spiro atoms. The first kappa shape index (κ1) is 19.7. The number of nitrogens with zero attached hydrogens (tertiary/aromatic N) is 2. The number of hydroxylamine groups is 1. The first-order chi connectivity index (χ1) is 14.4. The number of urea groups is 1. The Bertz CT molecular complexity index is 1230. The summed E-state index contributed by atoms with van der Waals surface area (Å²) in [6.07, 6.45) is 0. The van der Waals surface area contributed by atoms with E-state index in [0.717, 1.165) is 5.56 Å². The third-order valence-corrected chi connectivity index (χ3v) is 5.69. The van der Waals surface area contributed by atoms with Crippen LogP contribution in [0.2, 0.25) is 0 Å². The van der Waals surface area contributed by atoms with Crippen LogP contribution in [0, 0.1) is 0 Å². The van der Waals surface area contributed by atoms with Gasteiger partial charge in [0.05, 0.1) is 31.7 Å². The van der Waals surface area contributed by atoms with Crippen LogP contribution in [0.3, 0.4) is 0 Å². The Kier molecular flexibility index (Phi) is 5.01. The van der Waals surface area contributed by atoms with Gasteiger partial charge in [-0.05, 0) is 11.5 Å². The molecule has 4 rings (SSSR count). The lowest BCUT2D eigenvalue weighted by molar-refractivity contribution is 0.226. The highest BCUT2D eigenvalue weighted by Crippen LogP contribution is 2.36. The summed E-state index contributed by atoms with van der Waals surface area (Å²) in [7, 11) is -1.49. The first-order valence-corrected chi connectivity index (χ1v) is 10.1. The number of nitrogens with one attached hydrogen (secondary N) is 3. The smallest absolute Gasteiger partial charge is 0.335 e. The van der Waals surface area contributed by atoms with Crippen molar-refractivity contribution in [3.63, 3.8) is 0 Å². The van der Waals surface area contributed by atoms with Crippen LogP contribution in [0.25, 0.3) is 10.8 Å². The Balaban J connectivity index is 1.64. The van der Waals surface area contributed by atoms with Crippen LogP contribution in [0.5, 0.6) is 17.5 Å². The number of anilines is 1. The highest BCUT2D eigenvalue weighted by molar-refractivity contribution is 7.90. The standard InChI is InChI=1S/C18H17N5O6S/c1-27-13-8-14(28-2)21-17(20-13)22-18(24)23-30(25,26)12-5-3-4-10-6-7-11-9-19-29-16(11)15(10)12/h3-8,19H,9H2,1-2H3,(H2,20,21,22,23,24). The number of methoxy groups -OCH3 is 2. The third-order valence-electron chi connectivity index (χ3n) is 4.32. The fourth-order valence-electron chi connectivity index (χ4n) is 3.00. The maximum atomic E-state index is 13.0. The van der Waals surface area contributed by atoms with Crippen molar-refractivity contribution in [2.24, 2.45) is 0 Å². The van der Waals surface area contributed by atoms with Crippen molar-refractivity contribution < 1.29 is 27.5 Å². The summed E-state index contributed by atoms with van der Waals surface area (Å²) < 4.78 is 37.9. The minimum Gasteiger partial charge on any atom is -0.481 e. The van der Waals surface area contributed by atoms with Gasteiger partial charge >= 0.3 is 6.03 Å². The molecule has 3 N–H and O–H groups in total. The van der Waals surface area contributed by atoms with E-state index in [9.17, 15) is 13.2 Å². The molecule has 0 unspecified atom stereocenters. The zero-order chi connectivity index (χ0) is 21.3. The summed E-state index contributed by atoms with van der Waals surface area (Å²) in [5.41, 5.74) is 3.53. The van der Waals surface area contributed by atoms with E-state index in [4.69, 9.17) is 14.3 Å². The zero-order valence-electron chi connectivity index (χ0n) is 15.9. The number of carbonyl (C=O) groups excluding carboxylic acids is 1. The number of benzene rings is 2. The Labute approximate surface area is 171 Å². The Morgan fingerprint density at radius 3 is 2.57 bits per heavy atom. The molecule has 0 aliphatic carbocycles. The van der Waals surface area contributed by atoms with Gasteiger partial charge in [-0.3, -0.25) is 5.32 Å². The highest BCUT2D eigenvalue weighted by atomic mass is 32.2. The predicted molar refractivity (Wildman–Crippen MR) is 106 cm³/mol. The summed E-state index contributed by atoms with van der Waals surface area (Å²) in [6, 6.07) is 8.73. The number of ether oxygens (including phenoxy) is 2. The monoisotopic (exact) mass is 431 g/mol. The maximum absolute atomic E-state index is 13.0. The van der Waals surface area contributed by atoms with Gasteiger partial charge in [0, 0.05) is 10.9 Å². The van der Waals surface area contributed by atoms with Gasteiger partial charge < -0.3 is 14.3 Å². The summed E-state index contributed by atoms with van der Waals surface area (Å²) in [4.78, 5) is 25.5. The number of rotatable bonds is 5. The Hall–Kier alpha value is -3.64. The Morgan fingerprint density at radius 2 is 1.87 bits per heavy atom. The molecular formula is C18H17N5O6S. The summed E-state index contributed by atoms with van der Waals surface area (Å²) in [5, 5.41) is 3.29. The number of hydrogen-bond acceptors (Lipinski definition) is 9. The molecule has 3 aromatic rings. The fourth-order valence-corrected chi connectivity index (χ4v) is 4.14. The van der Waals surface area contributed by atoms with Crippen molar-refractivity contribution in [2.75, 3.05) is 19.5 Å². The van der Waals surface area contributed by atoms with Gasteiger partial charge in [0.2, 0.25) is 17.7 Å². The molecule has 156 valence electrons. The molecule has 0 saturated carbocycles. The van der Waals surface area contributed by atoms with E-state index < -0.39 is 16.1 Å². The summed E-state index contributed by atoms with van der Waals surface area (Å²) in [6.45, 7) is 0.447. The van der Waals surface area contributed by atoms with E-state index in [1.165, 1.54) is 26.4 Å². The van der Waals surface area contributed by atoms with E-state index in [1.54, 1.807) is 18.2 Å². The average Bonchev–Trinajstić information content (AvgIpc) is 3.21. The molecule has 0 atom stereocenters. The minimum atomic E-state index is -4.25. The van der Waals surface area contributed by atoms with Crippen molar-refractivity contribution >= 4 is 32.8 Å². The Morgan fingerprint density at radius 1 is 1.13 bits per heavy atom. The topological polar surface area (TPSA) is 141 Å². The van der Waals surface area contributed by atoms with Gasteiger partial charge in [0.15, 0.2) is 5.75 Å². The highest BCUT2D eigenvalue weighted by Gasteiger charge is 2.26. The molecule has 0 saturated heterocycles. The van der Waals surface area contributed by atoms with Crippen LogP contribution in [0.15, 0.2) is 41.3 Å². The number of hydrogen-bond donors (Lipinski definition) is 3. The van der Waals surface area contributed by atoms with Gasteiger partial charge in [0.1, 0.15) is 0 Å². The van der Waals surface area contributed by atoms with E-state index in [2.05, 4.69) is 20.8 Å². The maximum Gasteiger partial charge on any atom is 0.335 e. The number of aromatic nitrogens is 2. The van der Waals surface area contributed by atoms with Crippen LogP contribution < -0.4 is 29.8 Å². The van der Waals surface area contributed by atoms with Crippen LogP contribution in [0.4, 0.5) is 10.7 Å². The normalized spacial score (nSPS) is 12.7. The molecule has 2 heterocycles. The van der Waals surface area contributed by atoms with E-state index >= 15 is 0 Å². The van der Waals surface area contributed by atoms with Crippen LogP contribution in [-0.2, 0) is 16.6 Å². The molecule has 0 radical (unpaired) electrons. The molecule has 1 aromatic heterocycles. The van der Waals surface area contributed by atoms with Crippen LogP contribution in [0.1, 0.15) is 5.56 Å². The molecule has 12 heteroatoms. The lowest BCUT2D eigenvalue weighted by Gasteiger charge is -2.12. The number of fused-ring (bicyclic) bond motifs is 3. The second-order valence-electron chi connectivity index (χ2n) is 6.17. The van der Waals surface area contributed by atoms with Gasteiger partial charge in [-0.1, -0.05) is 24.3 Å². The number of amides is 2. The molecule has 2 aromatic carbocycles. The predicted octanol–water partition coefficient (Wildman–Crippen LogP) is 1.55. The number of sulfonamides is 1. The first-order valence-electron chi connectivity index (χ1n) is 8.66. The van der Waals surface area contributed by atoms with Crippen LogP contribution >= 0.6 is 0 Å². The molecule has 0 fully saturated rings. The minimum absolute atomic E-state index is 0.0974. The third kappa shape index (κ3) is 3.65. The molecular weight excluding hydrogens is 414 g/mol. The largest absolute Gasteiger partial charge is 0.481 e. The van der Waals surface area contributed by atoms with Crippen molar-refractivity contribution in [3.05, 3.63) is 42.0 Å². The van der Waals surface area contributed by atoms with Crippen molar-refractivity contribution in [2.45, 2.75) is 11.4 Å². The van der Waals surface area contributed by atoms with Gasteiger partial charge in [-0.25, -0.2) is 17.9 Å². The zero-order valence-corrected chi connectivity index (χ0v) is 16.7. The second-order valence-corrected chi connectivity index (χ2v) is 7.82. The summed E-state index contributed by atoms with van der Waals surface area (Å²) >= 11 is 0. The molecule has 0 bridgehead atoms. The van der Waals surface area contributed by atoms with Crippen molar-refractivity contribution in [1.29, 1.82) is 0 Å². The van der Waals surface area contributed by atoms with E-state index in [0.29, 0.717) is 23.1 Å². The van der Waals surface area contributed by atoms with Gasteiger partial charge in [-0.2, -0.15) is 15.4 Å². The van der Waals surface area contributed by atoms with Gasteiger partial charge in [-0.15, -0.1) is 0 Å². The second kappa shape index (κ2) is 7.65. The molecule has 1 aliphatic rings. The van der Waals surface area contributed by atoms with Crippen LogP contribution in [-0.4, -0.2) is 38.6 Å². The van der Waals surface area contributed by atoms with Gasteiger partial charge in [0.25, 0.3) is 10.0 Å². The molecule has 30 heavy (non-hydrogen) atoms. The average molecular weight is 431 g/mol. The molecule has 1 aliphatic heterocycles. The van der Waals surface area contributed by atoms with E-state index in [-0.39, 0.29) is 22.6 Å². The fraction of sp³-hybridized carbons (Fsp3) is 0.167. The summed E-state index contributed by atoms with van der Waals surface area (Å²) in [5.74, 6) is 0.489. The SMILES string of the molecule is COc1cc(OC)nc(NC(=O)NS(=O)(=O)c2cccc3ccc4c(c23)ONC4)n1. The van der Waals surface area contributed by atoms with Crippen molar-refractivity contribution in [3.8, 4) is 17.5 Å².